The number of allylic oxidation sites excluding steroid dienone is 2. The molecule has 248 valence electrons. The molecule has 0 radical (unpaired) electrons. The number of aryl methyl sites for hydroxylation is 4. The molecule has 4 aromatic rings. The third-order valence-electron chi connectivity index (χ3n) is 7.58. The number of carbonyl (C=O) groups excluding carboxylic acids is 1. The summed E-state index contributed by atoms with van der Waals surface area (Å²) in [6.07, 6.45) is 9.10. The summed E-state index contributed by atoms with van der Waals surface area (Å²) in [7, 11) is 5.56. The molecule has 0 bridgehead atoms. The van der Waals surface area contributed by atoms with Crippen LogP contribution >= 0.6 is 23.6 Å². The van der Waals surface area contributed by atoms with Crippen molar-refractivity contribution in [3.8, 4) is 10.7 Å². The predicted molar refractivity (Wildman–Crippen MR) is 187 cm³/mol. The Morgan fingerprint density at radius 1 is 1.09 bits per heavy atom. The zero-order valence-corrected chi connectivity index (χ0v) is 35.4. The van der Waals surface area contributed by atoms with Gasteiger partial charge in [-0.15, -0.1) is 0 Å². The van der Waals surface area contributed by atoms with E-state index in [9.17, 15) is 9.90 Å². The van der Waals surface area contributed by atoms with Crippen LogP contribution in [0.1, 0.15) is 75.2 Å². The number of rotatable bonds is 8. The summed E-state index contributed by atoms with van der Waals surface area (Å²) >= 11 is 8.98. The summed E-state index contributed by atoms with van der Waals surface area (Å²) in [5, 5.41) is 19.0. The van der Waals surface area contributed by atoms with Crippen molar-refractivity contribution in [2.75, 3.05) is 7.11 Å². The molecule has 1 aliphatic carbocycles. The number of nitrogens with zero attached hydrogens (tertiary/aromatic N) is 5. The van der Waals surface area contributed by atoms with Gasteiger partial charge in [0.1, 0.15) is 4.99 Å². The minimum Gasteiger partial charge on any atom is -0.388 e. The van der Waals surface area contributed by atoms with Gasteiger partial charge in [-0.25, -0.2) is 0 Å². The van der Waals surface area contributed by atoms with Crippen LogP contribution in [0, 0.1) is 27.7 Å². The van der Waals surface area contributed by atoms with E-state index < -0.39 is 0 Å². The van der Waals surface area contributed by atoms with Gasteiger partial charge in [-0.2, -0.15) is 5.10 Å². The van der Waals surface area contributed by atoms with Crippen molar-refractivity contribution in [2.45, 2.75) is 53.9 Å². The quantitative estimate of drug-likeness (QED) is 0.165. The molecule has 0 fully saturated rings. The number of thiazole rings is 1. The monoisotopic (exact) mass is 1010 g/mol. The van der Waals surface area contributed by atoms with Crippen molar-refractivity contribution in [3.63, 3.8) is 0 Å². The number of hydrogen-bond acceptors (Lipinski definition) is 8. The molecule has 1 aromatic carbocycles. The van der Waals surface area contributed by atoms with E-state index in [0.717, 1.165) is 75.2 Å². The molecule has 1 aliphatic rings. The van der Waals surface area contributed by atoms with Gasteiger partial charge in [0.05, 0.1) is 11.4 Å². The Bertz CT molecular complexity index is 1880. The molecule has 3 N–H and O–H groups in total. The zero-order valence-electron chi connectivity index (χ0n) is 27.9. The number of ether oxygens (including phenoxy) is 1. The molecular formula is C34H40N6O3S2W2. The number of nitrogens with two attached hydrogens (primary N) is 1. The van der Waals surface area contributed by atoms with E-state index in [0.29, 0.717) is 21.1 Å². The normalized spacial score (nSPS) is 12.2. The van der Waals surface area contributed by atoms with Crippen molar-refractivity contribution in [2.24, 2.45) is 19.8 Å². The van der Waals surface area contributed by atoms with E-state index in [-0.39, 0.29) is 5.78 Å². The van der Waals surface area contributed by atoms with Crippen molar-refractivity contribution in [1.82, 2.24) is 24.5 Å². The fourth-order valence-corrected chi connectivity index (χ4v) is 7.23. The van der Waals surface area contributed by atoms with E-state index >= 15 is 0 Å². The molecule has 13 heteroatoms. The van der Waals surface area contributed by atoms with E-state index in [2.05, 4.69) is 34.3 Å². The SMILES string of the molecule is CCC(=O)c1cccc([C](O)=[W])c1.CO[C](=[W])C1=CCCC(c2cnc(-c3c(C)c(C)nn3C)s2)=C1.Cc1nn(C)c(C(N)=S)c1C. The fraction of sp³-hybridized carbons (Fsp3) is 0.324. The van der Waals surface area contributed by atoms with E-state index in [1.54, 1.807) is 47.4 Å². The molecular weight excluding hydrogens is 972 g/mol. The second-order valence-electron chi connectivity index (χ2n) is 10.8. The summed E-state index contributed by atoms with van der Waals surface area (Å²) in [5.41, 5.74) is 15.8. The van der Waals surface area contributed by atoms with Crippen LogP contribution < -0.4 is 5.73 Å². The van der Waals surface area contributed by atoms with E-state index in [1.807, 2.05) is 52.7 Å². The average molecular weight is 1010 g/mol. The largest absolute Gasteiger partial charge is 0.388 e. The number of methoxy groups -OCH3 is 1. The number of Topliss-reactive ketones (excluding diaryl/α,β-unsaturated/α-hetero) is 1. The smallest absolute Gasteiger partial charge is 0.122 e. The predicted octanol–water partition coefficient (Wildman–Crippen LogP) is 5.93. The second kappa shape index (κ2) is 17.7. The Labute approximate surface area is 307 Å². The summed E-state index contributed by atoms with van der Waals surface area (Å²) in [4.78, 5) is 17.6. The molecule has 0 unspecified atom stereocenters. The Morgan fingerprint density at radius 2 is 1.72 bits per heavy atom. The minimum atomic E-state index is 0.109. The molecule has 0 saturated heterocycles. The minimum absolute atomic E-state index is 0.109. The number of thiocarbonyl (C=S) groups is 1. The van der Waals surface area contributed by atoms with Crippen LogP contribution in [0.5, 0.6) is 0 Å². The Balaban J connectivity index is 0.000000212. The van der Waals surface area contributed by atoms with Crippen LogP contribution in [0.4, 0.5) is 0 Å². The fourth-order valence-electron chi connectivity index (χ4n) is 4.89. The van der Waals surface area contributed by atoms with Gasteiger partial charge in [-0.1, -0.05) is 12.2 Å². The molecule has 47 heavy (non-hydrogen) atoms. The van der Waals surface area contributed by atoms with Gasteiger partial charge in [0.2, 0.25) is 0 Å². The first-order valence-corrected chi connectivity index (χ1v) is 19.0. The standard InChI is InChI=1S/C17H19N3OS.C10H10O2.C7H11N3S.2W/c1-11-12(2)19-20(3)16(11)17-18-9-15(22-17)14-7-5-6-13(8-14)10-21-4;1-2-10(12)9-5-3-4-8(6-9)7-11;1-4-5(2)9-10(3)6(4)7(8)11;;/h6,8-9H,5,7H2,1-4H3;3-6,11H,2H2,1H3;1-3H3,(H2,8,11);;. The Morgan fingerprint density at radius 3 is 2.23 bits per heavy atom. The Kier molecular flexibility index (Phi) is 14.6. The molecule has 0 atom stereocenters. The molecule has 0 spiro atoms. The van der Waals surface area contributed by atoms with Crippen molar-refractivity contribution in [1.29, 1.82) is 0 Å². The van der Waals surface area contributed by atoms with Gasteiger partial charge in [-0.3, -0.25) is 4.68 Å². The maximum absolute atomic E-state index is 11.3. The first kappa shape index (κ1) is 38.8. The number of hydrogen-bond donors (Lipinski definition) is 2. The van der Waals surface area contributed by atoms with Crippen molar-refractivity contribution in [3.05, 3.63) is 92.4 Å². The number of ketones is 1. The van der Waals surface area contributed by atoms with Crippen LogP contribution in [0.3, 0.4) is 0 Å². The van der Waals surface area contributed by atoms with Gasteiger partial charge in [0.15, 0.2) is 0 Å². The third kappa shape index (κ3) is 9.94. The topological polar surface area (TPSA) is 121 Å². The van der Waals surface area contributed by atoms with E-state index in [1.165, 1.54) is 40.9 Å². The van der Waals surface area contributed by atoms with Crippen LogP contribution in [0.25, 0.3) is 16.3 Å². The first-order valence-electron chi connectivity index (χ1n) is 14.8. The van der Waals surface area contributed by atoms with Crippen LogP contribution in [0.2, 0.25) is 0 Å². The van der Waals surface area contributed by atoms with Gasteiger partial charge >= 0.3 is 239 Å². The Hall–Kier alpha value is -2.65. The number of aliphatic hydroxyl groups is 1. The molecule has 0 aliphatic heterocycles. The van der Waals surface area contributed by atoms with Crippen LogP contribution in [-0.4, -0.2) is 55.7 Å². The number of carbonyl (C=O) groups is 1. The maximum Gasteiger partial charge on any atom is 0.122 e. The maximum atomic E-state index is 11.3. The van der Waals surface area contributed by atoms with Crippen LogP contribution in [-0.2, 0) is 57.5 Å². The van der Waals surface area contributed by atoms with Crippen LogP contribution in [0.15, 0.2) is 48.2 Å². The summed E-state index contributed by atoms with van der Waals surface area (Å²) < 4.78 is 10.4. The molecule has 3 aromatic heterocycles. The third-order valence-corrected chi connectivity index (χ3v) is 11.1. The zero-order chi connectivity index (χ0) is 35.0. The molecule has 3 heterocycles. The molecule has 5 rings (SSSR count). The van der Waals surface area contributed by atoms with Gasteiger partial charge in [0.25, 0.3) is 0 Å². The van der Waals surface area contributed by atoms with Gasteiger partial charge in [-0.05, 0) is 13.8 Å². The summed E-state index contributed by atoms with van der Waals surface area (Å²) in [6, 6.07) is 7.09. The molecule has 9 nitrogen and oxygen atoms in total. The molecule has 0 amide bonds. The van der Waals surface area contributed by atoms with Crippen molar-refractivity contribution >= 4 is 48.1 Å². The van der Waals surface area contributed by atoms with Gasteiger partial charge < -0.3 is 5.73 Å². The van der Waals surface area contributed by atoms with E-state index in [4.69, 9.17) is 22.7 Å². The number of aliphatic hydroxyl groups excluding tert-OH is 1. The number of aromatic nitrogens is 5. The average Bonchev–Trinajstić information content (AvgIpc) is 3.71. The second-order valence-corrected chi connectivity index (χ2v) is 15.0. The summed E-state index contributed by atoms with van der Waals surface area (Å²) in [5.74, 6) is 0.109. The van der Waals surface area contributed by atoms with Gasteiger partial charge in [0, 0.05) is 12.6 Å². The summed E-state index contributed by atoms with van der Waals surface area (Å²) in [6.45, 7) is 9.89. The first-order chi connectivity index (χ1) is 22.2. The van der Waals surface area contributed by atoms with Crippen molar-refractivity contribution < 1.29 is 53.3 Å². The molecule has 0 saturated carbocycles. The number of benzene rings is 1.